The van der Waals surface area contributed by atoms with Crippen LogP contribution in [0, 0.1) is 0 Å². The van der Waals surface area contributed by atoms with Gasteiger partial charge in [-0.15, -0.1) is 0 Å². The molecule has 0 radical (unpaired) electrons. The number of aromatic nitrogens is 1. The van der Waals surface area contributed by atoms with Gasteiger partial charge in [-0.2, -0.15) is 0 Å². The van der Waals surface area contributed by atoms with E-state index in [0.717, 1.165) is 52.4 Å². The summed E-state index contributed by atoms with van der Waals surface area (Å²) in [6.45, 7) is 4.65. The Morgan fingerprint density at radius 1 is 1.26 bits per heavy atom. The Bertz CT molecular complexity index is 929. The van der Waals surface area contributed by atoms with Gasteiger partial charge in [-0.1, -0.05) is 0 Å². The smallest absolute Gasteiger partial charge is 0.203 e. The molecule has 3 aliphatic rings. The SMILES string of the molecule is CC[N+](C)=c1ccc2nc3cc4c(cc3oc-2c1)N(C)CCO4. The van der Waals surface area contributed by atoms with Crippen LogP contribution in [0.15, 0.2) is 34.7 Å². The minimum Gasteiger partial charge on any atom is -0.489 e. The van der Waals surface area contributed by atoms with Gasteiger partial charge in [0, 0.05) is 25.2 Å². The quantitative estimate of drug-likeness (QED) is 0.510. The van der Waals surface area contributed by atoms with Gasteiger partial charge < -0.3 is 14.1 Å². The van der Waals surface area contributed by atoms with E-state index in [1.807, 2.05) is 24.3 Å². The summed E-state index contributed by atoms with van der Waals surface area (Å²) in [4.78, 5) is 6.91. The van der Waals surface area contributed by atoms with Crippen molar-refractivity contribution in [2.45, 2.75) is 6.92 Å². The Labute approximate surface area is 134 Å². The molecule has 0 aromatic heterocycles. The van der Waals surface area contributed by atoms with E-state index in [0.29, 0.717) is 6.61 Å². The van der Waals surface area contributed by atoms with Gasteiger partial charge in [-0.3, -0.25) is 0 Å². The van der Waals surface area contributed by atoms with E-state index < -0.39 is 0 Å². The van der Waals surface area contributed by atoms with Gasteiger partial charge in [0.05, 0.1) is 18.3 Å². The summed E-state index contributed by atoms with van der Waals surface area (Å²) < 4.78 is 14.0. The van der Waals surface area contributed by atoms with Crippen LogP contribution in [-0.4, -0.2) is 38.8 Å². The molecule has 0 atom stereocenters. The fourth-order valence-corrected chi connectivity index (χ4v) is 2.88. The van der Waals surface area contributed by atoms with Crippen LogP contribution in [0.4, 0.5) is 5.69 Å². The highest BCUT2D eigenvalue weighted by molar-refractivity contribution is 5.84. The number of rotatable bonds is 1. The third-order valence-corrected chi connectivity index (χ3v) is 4.46. The zero-order valence-electron chi connectivity index (χ0n) is 13.7. The number of fused-ring (bicyclic) bond motifs is 3. The van der Waals surface area contributed by atoms with Crippen LogP contribution >= 0.6 is 0 Å². The van der Waals surface area contributed by atoms with Crippen molar-refractivity contribution in [1.82, 2.24) is 9.56 Å². The third-order valence-electron chi connectivity index (χ3n) is 4.46. The fraction of sp³-hybridized carbons (Fsp3) is 0.333. The fourth-order valence-electron chi connectivity index (χ4n) is 2.88. The maximum Gasteiger partial charge on any atom is 0.203 e. The number of anilines is 1. The van der Waals surface area contributed by atoms with E-state index in [-0.39, 0.29) is 0 Å². The standard InChI is InChI=1S/C18H20N3O2/c1-4-20(2)12-5-6-13-16(9-12)23-17-11-15-18(10-14(17)19-13)22-8-7-21(15)3/h5-6,9-11H,4,7-8H2,1-3H3/q+1. The average Bonchev–Trinajstić information content (AvgIpc) is 2.57. The van der Waals surface area contributed by atoms with E-state index in [2.05, 4.69) is 36.6 Å². The molecule has 5 nitrogen and oxygen atoms in total. The maximum atomic E-state index is 6.12. The summed E-state index contributed by atoms with van der Waals surface area (Å²) in [7, 11) is 4.13. The van der Waals surface area contributed by atoms with Gasteiger partial charge in [-0.25, -0.2) is 9.56 Å². The van der Waals surface area contributed by atoms with Gasteiger partial charge >= 0.3 is 0 Å². The van der Waals surface area contributed by atoms with Crippen LogP contribution < -0.4 is 19.6 Å². The zero-order valence-corrected chi connectivity index (χ0v) is 13.7. The number of hydrogen-bond donors (Lipinski definition) is 0. The lowest BCUT2D eigenvalue weighted by molar-refractivity contribution is 0.311. The van der Waals surface area contributed by atoms with Crippen molar-refractivity contribution >= 4 is 16.8 Å². The summed E-state index contributed by atoms with van der Waals surface area (Å²) in [6, 6.07) is 10.1. The van der Waals surface area contributed by atoms with Crippen LogP contribution in [0.5, 0.6) is 5.75 Å². The number of nitrogens with zero attached hydrogens (tertiary/aromatic N) is 3. The molecule has 1 aliphatic carbocycles. The number of hydrogen-bond acceptors (Lipinski definition) is 4. The van der Waals surface area contributed by atoms with E-state index in [9.17, 15) is 0 Å². The first-order valence-electron chi connectivity index (χ1n) is 7.92. The van der Waals surface area contributed by atoms with Gasteiger partial charge in [0.25, 0.3) is 0 Å². The van der Waals surface area contributed by atoms with Crippen molar-refractivity contribution in [2.75, 3.05) is 38.7 Å². The van der Waals surface area contributed by atoms with Crippen molar-refractivity contribution in [3.05, 3.63) is 35.7 Å². The molecule has 0 spiro atoms. The van der Waals surface area contributed by atoms with Crippen LogP contribution in [-0.2, 0) is 0 Å². The number of ether oxygens (including phenoxy) is 1. The minimum atomic E-state index is 0.701. The van der Waals surface area contributed by atoms with Crippen LogP contribution in [0.25, 0.3) is 22.6 Å². The largest absolute Gasteiger partial charge is 0.489 e. The number of benzene rings is 2. The second-order valence-electron chi connectivity index (χ2n) is 5.94. The second kappa shape index (κ2) is 5.26. The Kier molecular flexibility index (Phi) is 3.22. The summed E-state index contributed by atoms with van der Waals surface area (Å²) in [6.07, 6.45) is 0. The van der Waals surface area contributed by atoms with Crippen molar-refractivity contribution in [3.8, 4) is 17.2 Å². The van der Waals surface area contributed by atoms with Crippen molar-refractivity contribution in [1.29, 1.82) is 0 Å². The summed E-state index contributed by atoms with van der Waals surface area (Å²) in [5, 5.41) is 1.13. The molecule has 0 bridgehead atoms. The lowest BCUT2D eigenvalue weighted by atomic mass is 10.2. The first kappa shape index (κ1) is 14.1. The van der Waals surface area contributed by atoms with Crippen LogP contribution in [0.3, 0.4) is 0 Å². The third kappa shape index (κ3) is 2.32. The van der Waals surface area contributed by atoms with Gasteiger partial charge in [0.1, 0.15) is 37.2 Å². The summed E-state index contributed by atoms with van der Waals surface area (Å²) >= 11 is 0. The minimum absolute atomic E-state index is 0.701. The highest BCUT2D eigenvalue weighted by Crippen LogP contribution is 2.36. The lowest BCUT2D eigenvalue weighted by Gasteiger charge is -2.27. The zero-order chi connectivity index (χ0) is 16.0. The molecular formula is C18H20N3O2+. The average molecular weight is 310 g/mol. The van der Waals surface area contributed by atoms with Crippen molar-refractivity contribution in [2.24, 2.45) is 0 Å². The van der Waals surface area contributed by atoms with Crippen molar-refractivity contribution in [3.63, 3.8) is 0 Å². The first-order chi connectivity index (χ1) is 11.2. The topological polar surface area (TPSA) is 41.5 Å². The highest BCUT2D eigenvalue weighted by atomic mass is 16.5. The predicted octanol–water partition coefficient (Wildman–Crippen LogP) is 2.18. The lowest BCUT2D eigenvalue weighted by Crippen LogP contribution is -2.28. The van der Waals surface area contributed by atoms with E-state index in [4.69, 9.17) is 14.1 Å². The molecule has 1 aromatic rings. The van der Waals surface area contributed by atoms with E-state index >= 15 is 0 Å². The first-order valence-corrected chi connectivity index (χ1v) is 7.92. The summed E-state index contributed by atoms with van der Waals surface area (Å²) in [5.74, 6) is 1.67. The van der Waals surface area contributed by atoms with Gasteiger partial charge in [0.15, 0.2) is 11.3 Å². The molecule has 0 saturated heterocycles. The molecule has 0 unspecified atom stereocenters. The molecule has 0 saturated carbocycles. The van der Waals surface area contributed by atoms with Crippen LogP contribution in [0.1, 0.15) is 6.92 Å². The van der Waals surface area contributed by atoms with E-state index in [1.54, 1.807) is 0 Å². The molecule has 2 aliphatic heterocycles. The summed E-state index contributed by atoms with van der Waals surface area (Å²) in [5.41, 5.74) is 3.51. The molecule has 2 heterocycles. The van der Waals surface area contributed by atoms with Gasteiger partial charge in [-0.05, 0) is 13.0 Å². The van der Waals surface area contributed by atoms with Crippen molar-refractivity contribution < 1.29 is 9.15 Å². The molecule has 4 rings (SSSR count). The monoisotopic (exact) mass is 310 g/mol. The molecule has 118 valence electrons. The van der Waals surface area contributed by atoms with Crippen LogP contribution in [0.2, 0.25) is 0 Å². The Morgan fingerprint density at radius 3 is 2.96 bits per heavy atom. The molecule has 23 heavy (non-hydrogen) atoms. The Morgan fingerprint density at radius 2 is 2.13 bits per heavy atom. The molecule has 0 amide bonds. The molecule has 0 fully saturated rings. The Balaban J connectivity index is 1.98. The maximum absolute atomic E-state index is 6.12. The normalized spacial score (nSPS) is 15.5. The molecule has 5 heteroatoms. The van der Waals surface area contributed by atoms with E-state index in [1.165, 1.54) is 0 Å². The predicted molar refractivity (Wildman–Crippen MR) is 91.1 cm³/mol. The molecule has 0 N–H and O–H groups in total. The van der Waals surface area contributed by atoms with Gasteiger partial charge in [0.2, 0.25) is 5.36 Å². The second-order valence-corrected chi connectivity index (χ2v) is 5.94. The molecular weight excluding hydrogens is 290 g/mol. The highest BCUT2D eigenvalue weighted by Gasteiger charge is 2.19. The Hall–Kier alpha value is -2.56. The molecule has 1 aromatic carbocycles. The number of likely N-dealkylation sites (N-methyl/N-ethyl adjacent to an activating group) is 1.